The summed E-state index contributed by atoms with van der Waals surface area (Å²) in [4.78, 5) is 4.78. The largest absolute Gasteiger partial charge is 0.416 e. The maximum atomic E-state index is 12.9. The summed E-state index contributed by atoms with van der Waals surface area (Å²) >= 11 is 12.0. The van der Waals surface area contributed by atoms with Crippen molar-refractivity contribution in [2.45, 2.75) is 18.3 Å². The van der Waals surface area contributed by atoms with E-state index >= 15 is 0 Å². The van der Waals surface area contributed by atoms with Crippen molar-refractivity contribution in [3.8, 4) is 0 Å². The Hall–Kier alpha value is -2.50. The lowest BCUT2D eigenvalue weighted by Gasteiger charge is -2.20. The fourth-order valence-corrected chi connectivity index (χ4v) is 3.57. The highest BCUT2D eigenvalue weighted by Gasteiger charge is 2.33. The fourth-order valence-electron chi connectivity index (χ4n) is 3.31. The molecule has 1 aliphatic heterocycles. The normalized spacial score (nSPS) is 19.0. The molecule has 0 amide bonds. The Morgan fingerprint density at radius 1 is 0.724 bits per heavy atom. The van der Waals surface area contributed by atoms with Gasteiger partial charge < -0.3 is 5.32 Å². The van der Waals surface area contributed by atoms with Crippen LogP contribution in [0.4, 0.5) is 13.2 Å². The molecule has 29 heavy (non-hydrogen) atoms. The van der Waals surface area contributed by atoms with Gasteiger partial charge >= 0.3 is 6.18 Å². The second-order valence-electron chi connectivity index (χ2n) is 6.72. The Bertz CT molecular complexity index is 1030. The Morgan fingerprint density at radius 2 is 1.24 bits per heavy atom. The van der Waals surface area contributed by atoms with Crippen molar-refractivity contribution in [2.24, 2.45) is 4.99 Å². The van der Waals surface area contributed by atoms with Crippen LogP contribution in [0.25, 0.3) is 0 Å². The molecule has 2 atom stereocenters. The molecule has 4 rings (SSSR count). The monoisotopic (exact) mass is 434 g/mol. The van der Waals surface area contributed by atoms with E-state index in [4.69, 9.17) is 28.2 Å². The van der Waals surface area contributed by atoms with E-state index in [1.165, 1.54) is 12.1 Å². The van der Waals surface area contributed by atoms with Crippen LogP contribution in [0.2, 0.25) is 10.0 Å². The van der Waals surface area contributed by atoms with E-state index in [1.54, 1.807) is 24.3 Å². The summed E-state index contributed by atoms with van der Waals surface area (Å²) in [5, 5.41) is 4.60. The van der Waals surface area contributed by atoms with Gasteiger partial charge in [0.25, 0.3) is 0 Å². The van der Waals surface area contributed by atoms with Crippen LogP contribution in [0, 0.1) is 0 Å². The summed E-state index contributed by atoms with van der Waals surface area (Å²) in [6.07, 6.45) is -4.37. The quantitative estimate of drug-likeness (QED) is 0.479. The summed E-state index contributed by atoms with van der Waals surface area (Å²) < 4.78 is 38.6. The predicted octanol–water partition coefficient (Wildman–Crippen LogP) is 6.84. The van der Waals surface area contributed by atoms with Gasteiger partial charge in [-0.25, -0.2) is 0 Å². The lowest BCUT2D eigenvalue weighted by Crippen LogP contribution is -2.25. The molecule has 0 saturated heterocycles. The van der Waals surface area contributed by atoms with Gasteiger partial charge in [-0.1, -0.05) is 59.6 Å². The van der Waals surface area contributed by atoms with Crippen molar-refractivity contribution >= 4 is 29.0 Å². The van der Waals surface area contributed by atoms with Crippen molar-refractivity contribution in [3.63, 3.8) is 0 Å². The molecule has 1 heterocycles. The van der Waals surface area contributed by atoms with E-state index in [2.05, 4.69) is 5.32 Å². The molecule has 2 nitrogen and oxygen atoms in total. The summed E-state index contributed by atoms with van der Waals surface area (Å²) in [5.41, 5.74) is 1.82. The predicted molar refractivity (Wildman–Crippen MR) is 110 cm³/mol. The second kappa shape index (κ2) is 7.73. The minimum Gasteiger partial charge on any atom is -0.361 e. The molecule has 3 aromatic carbocycles. The van der Waals surface area contributed by atoms with Crippen LogP contribution in [-0.4, -0.2) is 5.84 Å². The van der Waals surface area contributed by atoms with E-state index < -0.39 is 11.7 Å². The third-order valence-electron chi connectivity index (χ3n) is 4.80. The van der Waals surface area contributed by atoms with Crippen molar-refractivity contribution in [2.75, 3.05) is 0 Å². The standard InChI is InChI=1S/C22H15Cl2F3N2/c23-17-9-3-13(4-10-17)19-20(14-5-11-18(24)12-6-14)29-21(28-19)15-1-7-16(8-2-15)22(25,26)27/h1-12,19-20H,(H,28,29). The highest BCUT2D eigenvalue weighted by Crippen LogP contribution is 2.38. The number of halogens is 5. The number of nitrogens with zero attached hydrogens (tertiary/aromatic N) is 1. The fraction of sp³-hybridized carbons (Fsp3) is 0.136. The van der Waals surface area contributed by atoms with Crippen molar-refractivity contribution in [3.05, 3.63) is 105 Å². The zero-order valence-electron chi connectivity index (χ0n) is 14.9. The van der Waals surface area contributed by atoms with Gasteiger partial charge in [-0.15, -0.1) is 0 Å². The number of hydrogen-bond acceptors (Lipinski definition) is 2. The van der Waals surface area contributed by atoms with Crippen molar-refractivity contribution < 1.29 is 13.2 Å². The van der Waals surface area contributed by atoms with E-state index in [1.807, 2.05) is 24.3 Å². The van der Waals surface area contributed by atoms with Crippen LogP contribution >= 0.6 is 23.2 Å². The first-order chi connectivity index (χ1) is 13.8. The smallest absolute Gasteiger partial charge is 0.361 e. The van der Waals surface area contributed by atoms with E-state index in [9.17, 15) is 13.2 Å². The molecule has 0 radical (unpaired) electrons. The summed E-state index contributed by atoms with van der Waals surface area (Å²) in [6, 6.07) is 19.3. The number of hydrogen-bond donors (Lipinski definition) is 1. The first-order valence-electron chi connectivity index (χ1n) is 8.84. The Balaban J connectivity index is 1.70. The van der Waals surface area contributed by atoms with Crippen LogP contribution in [-0.2, 0) is 6.18 Å². The molecular weight excluding hydrogens is 420 g/mol. The highest BCUT2D eigenvalue weighted by atomic mass is 35.5. The lowest BCUT2D eigenvalue weighted by atomic mass is 9.95. The maximum absolute atomic E-state index is 12.9. The molecule has 0 aliphatic carbocycles. The zero-order chi connectivity index (χ0) is 20.6. The Morgan fingerprint density at radius 3 is 1.76 bits per heavy atom. The summed E-state index contributed by atoms with van der Waals surface area (Å²) in [6.45, 7) is 0. The van der Waals surface area contributed by atoms with Crippen LogP contribution in [0.1, 0.15) is 34.3 Å². The third kappa shape index (κ3) is 4.26. The van der Waals surface area contributed by atoms with Crippen LogP contribution in [0.5, 0.6) is 0 Å². The molecule has 1 N–H and O–H groups in total. The zero-order valence-corrected chi connectivity index (χ0v) is 16.4. The van der Waals surface area contributed by atoms with Gasteiger partial charge in [0.15, 0.2) is 0 Å². The molecule has 0 fully saturated rings. The van der Waals surface area contributed by atoms with Gasteiger partial charge in [-0.2, -0.15) is 13.2 Å². The Labute approximate surface area is 176 Å². The number of amidine groups is 1. The highest BCUT2D eigenvalue weighted by molar-refractivity contribution is 6.30. The van der Waals surface area contributed by atoms with Crippen LogP contribution in [0.3, 0.4) is 0 Å². The van der Waals surface area contributed by atoms with E-state index in [-0.39, 0.29) is 12.1 Å². The molecule has 0 spiro atoms. The molecule has 0 bridgehead atoms. The topological polar surface area (TPSA) is 24.4 Å². The van der Waals surface area contributed by atoms with E-state index in [0.717, 1.165) is 23.3 Å². The average molecular weight is 435 g/mol. The summed E-state index contributed by atoms with van der Waals surface area (Å²) in [5.74, 6) is 0.540. The number of benzene rings is 3. The lowest BCUT2D eigenvalue weighted by molar-refractivity contribution is -0.137. The van der Waals surface area contributed by atoms with Gasteiger partial charge in [0.05, 0.1) is 11.6 Å². The van der Waals surface area contributed by atoms with Gasteiger partial charge in [0.2, 0.25) is 0 Å². The van der Waals surface area contributed by atoms with Gasteiger partial charge in [0, 0.05) is 15.6 Å². The van der Waals surface area contributed by atoms with Crippen LogP contribution in [0.15, 0.2) is 77.8 Å². The number of alkyl halides is 3. The van der Waals surface area contributed by atoms with Gasteiger partial charge in [-0.3, -0.25) is 4.99 Å². The molecule has 3 aromatic rings. The molecule has 148 valence electrons. The second-order valence-corrected chi connectivity index (χ2v) is 7.60. The van der Waals surface area contributed by atoms with Gasteiger partial charge in [-0.05, 0) is 47.5 Å². The minimum atomic E-state index is -4.37. The van der Waals surface area contributed by atoms with Crippen molar-refractivity contribution in [1.29, 1.82) is 0 Å². The number of nitrogens with one attached hydrogen (secondary N) is 1. The molecule has 2 unspecified atom stereocenters. The van der Waals surface area contributed by atoms with Crippen LogP contribution < -0.4 is 5.32 Å². The summed E-state index contributed by atoms with van der Waals surface area (Å²) in [7, 11) is 0. The molecule has 7 heteroatoms. The average Bonchev–Trinajstić information content (AvgIpc) is 3.14. The first kappa shape index (κ1) is 19.8. The molecular formula is C22H15Cl2F3N2. The third-order valence-corrected chi connectivity index (χ3v) is 5.31. The number of aliphatic imine (C=N–C) groups is 1. The Kier molecular flexibility index (Phi) is 5.28. The van der Waals surface area contributed by atoms with E-state index in [0.29, 0.717) is 21.4 Å². The maximum Gasteiger partial charge on any atom is 0.416 e. The molecule has 1 aliphatic rings. The van der Waals surface area contributed by atoms with Crippen molar-refractivity contribution in [1.82, 2.24) is 5.32 Å². The number of rotatable bonds is 3. The first-order valence-corrected chi connectivity index (χ1v) is 9.60. The molecule has 0 saturated carbocycles. The molecule has 0 aromatic heterocycles. The SMILES string of the molecule is FC(F)(F)c1ccc(C2=NC(c3ccc(Cl)cc3)C(c3ccc(Cl)cc3)N2)cc1. The minimum absolute atomic E-state index is 0.189. The van der Waals surface area contributed by atoms with Gasteiger partial charge in [0.1, 0.15) is 11.9 Å².